The lowest BCUT2D eigenvalue weighted by molar-refractivity contribution is 0.0975. The molecule has 1 saturated carbocycles. The van der Waals surface area contributed by atoms with Gasteiger partial charge in [0.2, 0.25) is 10.0 Å². The number of sulfonamides is 1. The van der Waals surface area contributed by atoms with Crippen LogP contribution in [-0.4, -0.2) is 31.6 Å². The molecule has 1 aliphatic rings. The molecule has 1 aromatic heterocycles. The van der Waals surface area contributed by atoms with E-state index >= 15 is 0 Å². The number of aryl methyl sites for hydroxylation is 2. The first-order valence-electron chi connectivity index (χ1n) is 8.31. The summed E-state index contributed by atoms with van der Waals surface area (Å²) in [5, 5.41) is 7.91. The van der Waals surface area contributed by atoms with E-state index in [1.54, 1.807) is 6.07 Å². The molecule has 1 N–H and O–H groups in total. The number of benzene rings is 1. The number of nitrogens with zero attached hydrogens (tertiary/aromatic N) is 2. The molecule has 1 aromatic carbocycles. The Bertz CT molecular complexity index is 953. The minimum Gasteiger partial charge on any atom is -0.495 e. The SMILES string of the molecule is COc1cc(C(=O)NS(=O)(=O)Cc2cc(C)ccc2C)nnc1C1CC1. The first-order valence-corrected chi connectivity index (χ1v) is 9.97. The minimum absolute atomic E-state index is 0.0872. The number of rotatable bonds is 6. The molecule has 7 nitrogen and oxygen atoms in total. The van der Waals surface area contributed by atoms with Crippen molar-refractivity contribution in [2.45, 2.75) is 38.4 Å². The van der Waals surface area contributed by atoms with Gasteiger partial charge in [0.25, 0.3) is 5.91 Å². The molecular weight excluding hydrogens is 354 g/mol. The third-order valence-corrected chi connectivity index (χ3v) is 5.49. The Balaban J connectivity index is 1.77. The van der Waals surface area contributed by atoms with Crippen LogP contribution in [0.5, 0.6) is 5.75 Å². The molecule has 0 bridgehead atoms. The zero-order chi connectivity index (χ0) is 18.9. The number of methoxy groups -OCH3 is 1. The van der Waals surface area contributed by atoms with Crippen molar-refractivity contribution in [2.75, 3.05) is 7.11 Å². The van der Waals surface area contributed by atoms with Gasteiger partial charge in [0.15, 0.2) is 5.69 Å². The lowest BCUT2D eigenvalue weighted by Crippen LogP contribution is -2.32. The Hall–Kier alpha value is -2.48. The summed E-state index contributed by atoms with van der Waals surface area (Å²) >= 11 is 0. The van der Waals surface area contributed by atoms with Crippen molar-refractivity contribution < 1.29 is 17.9 Å². The standard InChI is InChI=1S/C18H21N3O4S/c1-11-4-5-12(2)14(8-11)10-26(23,24)21-18(22)15-9-16(25-3)17(20-19-15)13-6-7-13/h4-5,8-9,13H,6-7,10H2,1-3H3,(H,21,22). The van der Waals surface area contributed by atoms with Gasteiger partial charge in [-0.1, -0.05) is 23.8 Å². The predicted octanol–water partition coefficient (Wildman–Crippen LogP) is 2.24. The Morgan fingerprint density at radius 3 is 2.62 bits per heavy atom. The fraction of sp³-hybridized carbons (Fsp3) is 0.389. The van der Waals surface area contributed by atoms with Crippen molar-refractivity contribution in [1.29, 1.82) is 0 Å². The number of carbonyl (C=O) groups excluding carboxylic acids is 1. The average molecular weight is 375 g/mol. The van der Waals surface area contributed by atoms with E-state index in [1.165, 1.54) is 13.2 Å². The highest BCUT2D eigenvalue weighted by Crippen LogP contribution is 2.42. The van der Waals surface area contributed by atoms with Gasteiger partial charge in [0.1, 0.15) is 11.4 Å². The zero-order valence-corrected chi connectivity index (χ0v) is 15.8. The molecule has 1 aliphatic carbocycles. The molecular formula is C18H21N3O4S. The van der Waals surface area contributed by atoms with Crippen LogP contribution >= 0.6 is 0 Å². The summed E-state index contributed by atoms with van der Waals surface area (Å²) < 4.78 is 32.1. The van der Waals surface area contributed by atoms with Crippen LogP contribution in [0.2, 0.25) is 0 Å². The number of aromatic nitrogens is 2. The Morgan fingerprint density at radius 2 is 1.96 bits per heavy atom. The molecule has 26 heavy (non-hydrogen) atoms. The van der Waals surface area contributed by atoms with E-state index in [9.17, 15) is 13.2 Å². The van der Waals surface area contributed by atoms with Gasteiger partial charge in [0.05, 0.1) is 12.9 Å². The molecule has 0 unspecified atom stereocenters. The summed E-state index contributed by atoms with van der Waals surface area (Å²) in [4.78, 5) is 12.3. The Kier molecular flexibility index (Phi) is 4.95. The molecule has 8 heteroatoms. The summed E-state index contributed by atoms with van der Waals surface area (Å²) in [5.74, 6) is -0.331. The van der Waals surface area contributed by atoms with Crippen LogP contribution in [0.3, 0.4) is 0 Å². The Morgan fingerprint density at radius 1 is 1.23 bits per heavy atom. The van der Waals surface area contributed by atoms with E-state index in [0.29, 0.717) is 22.9 Å². The van der Waals surface area contributed by atoms with Crippen LogP contribution in [0.15, 0.2) is 24.3 Å². The predicted molar refractivity (Wildman–Crippen MR) is 96.6 cm³/mol. The molecule has 1 heterocycles. The Labute approximate surface area is 152 Å². The van der Waals surface area contributed by atoms with E-state index in [0.717, 1.165) is 24.0 Å². The van der Waals surface area contributed by atoms with Gasteiger partial charge in [-0.25, -0.2) is 13.1 Å². The first-order chi connectivity index (χ1) is 12.3. The van der Waals surface area contributed by atoms with Crippen LogP contribution in [0.25, 0.3) is 0 Å². The van der Waals surface area contributed by atoms with Gasteiger partial charge in [0, 0.05) is 12.0 Å². The van der Waals surface area contributed by atoms with E-state index < -0.39 is 15.9 Å². The topological polar surface area (TPSA) is 98.2 Å². The van der Waals surface area contributed by atoms with Gasteiger partial charge >= 0.3 is 0 Å². The number of carbonyl (C=O) groups is 1. The average Bonchev–Trinajstić information content (AvgIpc) is 3.41. The van der Waals surface area contributed by atoms with Crippen LogP contribution in [0.1, 0.15) is 51.6 Å². The minimum atomic E-state index is -3.86. The van der Waals surface area contributed by atoms with Crippen molar-refractivity contribution in [3.8, 4) is 5.75 Å². The highest BCUT2D eigenvalue weighted by atomic mass is 32.2. The second-order valence-electron chi connectivity index (χ2n) is 6.58. The largest absolute Gasteiger partial charge is 0.495 e. The molecule has 1 fully saturated rings. The molecule has 0 saturated heterocycles. The smallest absolute Gasteiger partial charge is 0.285 e. The number of nitrogens with one attached hydrogen (secondary N) is 1. The van der Waals surface area contributed by atoms with E-state index in [-0.39, 0.29) is 11.4 Å². The van der Waals surface area contributed by atoms with Crippen molar-refractivity contribution in [1.82, 2.24) is 14.9 Å². The van der Waals surface area contributed by atoms with E-state index in [2.05, 4.69) is 14.9 Å². The highest BCUT2D eigenvalue weighted by Gasteiger charge is 2.30. The second kappa shape index (κ2) is 7.03. The fourth-order valence-electron chi connectivity index (χ4n) is 2.69. The fourth-order valence-corrected chi connectivity index (χ4v) is 3.87. The summed E-state index contributed by atoms with van der Waals surface area (Å²) in [6.45, 7) is 3.72. The second-order valence-corrected chi connectivity index (χ2v) is 8.30. The lowest BCUT2D eigenvalue weighted by atomic mass is 10.1. The molecule has 138 valence electrons. The third-order valence-electron chi connectivity index (χ3n) is 4.30. The van der Waals surface area contributed by atoms with E-state index in [4.69, 9.17) is 4.74 Å². The molecule has 1 amide bonds. The first kappa shape index (κ1) is 18.3. The molecule has 3 rings (SSSR count). The maximum absolute atomic E-state index is 12.4. The molecule has 0 atom stereocenters. The van der Waals surface area contributed by atoms with Gasteiger partial charge in [-0.05, 0) is 37.8 Å². The van der Waals surface area contributed by atoms with Gasteiger partial charge < -0.3 is 4.74 Å². The van der Waals surface area contributed by atoms with Gasteiger partial charge in [-0.2, -0.15) is 5.10 Å². The van der Waals surface area contributed by atoms with Crippen molar-refractivity contribution in [3.63, 3.8) is 0 Å². The van der Waals surface area contributed by atoms with Gasteiger partial charge in [-0.3, -0.25) is 4.79 Å². The molecule has 0 radical (unpaired) electrons. The quantitative estimate of drug-likeness (QED) is 0.831. The van der Waals surface area contributed by atoms with Crippen LogP contribution in [0.4, 0.5) is 0 Å². The van der Waals surface area contributed by atoms with Crippen molar-refractivity contribution in [2.24, 2.45) is 0 Å². The summed E-state index contributed by atoms with van der Waals surface area (Å²) in [5.41, 5.74) is 3.08. The number of hydrogen-bond acceptors (Lipinski definition) is 6. The third kappa shape index (κ3) is 4.19. The van der Waals surface area contributed by atoms with Crippen molar-refractivity contribution in [3.05, 3.63) is 52.3 Å². The number of ether oxygens (including phenoxy) is 1. The number of hydrogen-bond donors (Lipinski definition) is 1. The maximum atomic E-state index is 12.4. The van der Waals surface area contributed by atoms with Crippen molar-refractivity contribution >= 4 is 15.9 Å². The van der Waals surface area contributed by atoms with Gasteiger partial charge in [-0.15, -0.1) is 5.10 Å². The summed E-state index contributed by atoms with van der Waals surface area (Å²) in [6, 6.07) is 7.00. The van der Waals surface area contributed by atoms with Crippen LogP contribution < -0.4 is 9.46 Å². The monoisotopic (exact) mass is 375 g/mol. The van der Waals surface area contributed by atoms with E-state index in [1.807, 2.05) is 26.0 Å². The molecule has 0 aliphatic heterocycles. The maximum Gasteiger partial charge on any atom is 0.285 e. The normalized spacial score (nSPS) is 14.1. The zero-order valence-electron chi connectivity index (χ0n) is 14.9. The summed E-state index contributed by atoms with van der Waals surface area (Å²) in [6.07, 6.45) is 2.03. The lowest BCUT2D eigenvalue weighted by Gasteiger charge is -2.11. The molecule has 0 spiro atoms. The highest BCUT2D eigenvalue weighted by molar-refractivity contribution is 7.89. The van der Waals surface area contributed by atoms with Crippen LogP contribution in [-0.2, 0) is 15.8 Å². The number of amides is 1. The summed E-state index contributed by atoms with van der Waals surface area (Å²) in [7, 11) is -2.38. The molecule has 2 aromatic rings. The van der Waals surface area contributed by atoms with Crippen LogP contribution in [0, 0.1) is 13.8 Å².